The van der Waals surface area contributed by atoms with Crippen LogP contribution in [0.2, 0.25) is 0 Å². The Hall–Kier alpha value is -2.37. The standard InChI is InChI=1S/C20H25FN4O/c1-24-13-10-22-19(24)25-11-6-17(7-12-25)23-18(26)20(8-9-20)14-15-2-4-16(21)5-3-15/h2-5,10,13,17H,6-9,11-12,14H2,1H3,(H,23,26). The number of carbonyl (C=O) groups is 1. The largest absolute Gasteiger partial charge is 0.353 e. The number of carbonyl (C=O) groups excluding carboxylic acids is 1. The van der Waals surface area contributed by atoms with Crippen LogP contribution in [-0.4, -0.2) is 34.6 Å². The Kier molecular flexibility index (Phi) is 4.42. The first-order valence-corrected chi connectivity index (χ1v) is 9.33. The molecule has 1 aromatic heterocycles. The fourth-order valence-corrected chi connectivity index (χ4v) is 3.85. The summed E-state index contributed by atoms with van der Waals surface area (Å²) in [6, 6.07) is 6.74. The van der Waals surface area contributed by atoms with Gasteiger partial charge in [-0.25, -0.2) is 9.37 Å². The summed E-state index contributed by atoms with van der Waals surface area (Å²) in [4.78, 5) is 19.5. The van der Waals surface area contributed by atoms with Gasteiger partial charge in [0, 0.05) is 38.6 Å². The highest BCUT2D eigenvalue weighted by atomic mass is 19.1. The van der Waals surface area contributed by atoms with Gasteiger partial charge in [-0.05, 0) is 49.8 Å². The van der Waals surface area contributed by atoms with Gasteiger partial charge in [-0.2, -0.15) is 0 Å². The third-order valence-corrected chi connectivity index (χ3v) is 5.70. The number of hydrogen-bond acceptors (Lipinski definition) is 3. The minimum atomic E-state index is -0.283. The Bertz CT molecular complexity index is 773. The van der Waals surface area contributed by atoms with Crippen molar-refractivity contribution in [2.75, 3.05) is 18.0 Å². The van der Waals surface area contributed by atoms with Crippen molar-refractivity contribution in [2.45, 2.75) is 38.1 Å². The van der Waals surface area contributed by atoms with Gasteiger partial charge in [-0.15, -0.1) is 0 Å². The van der Waals surface area contributed by atoms with Crippen molar-refractivity contribution >= 4 is 11.9 Å². The summed E-state index contributed by atoms with van der Waals surface area (Å²) < 4.78 is 15.1. The lowest BCUT2D eigenvalue weighted by atomic mass is 9.94. The molecule has 1 aliphatic carbocycles. The van der Waals surface area contributed by atoms with E-state index in [1.807, 2.05) is 24.0 Å². The van der Waals surface area contributed by atoms with Crippen molar-refractivity contribution in [3.63, 3.8) is 0 Å². The second kappa shape index (κ2) is 6.74. The minimum absolute atomic E-state index is 0.164. The first-order valence-electron chi connectivity index (χ1n) is 9.33. The maximum atomic E-state index is 13.1. The van der Waals surface area contributed by atoms with Crippen LogP contribution in [0.25, 0.3) is 0 Å². The maximum absolute atomic E-state index is 13.1. The quantitative estimate of drug-likeness (QED) is 0.896. The van der Waals surface area contributed by atoms with Gasteiger partial charge in [0.2, 0.25) is 11.9 Å². The van der Waals surface area contributed by atoms with Crippen LogP contribution >= 0.6 is 0 Å². The van der Waals surface area contributed by atoms with E-state index in [4.69, 9.17) is 0 Å². The van der Waals surface area contributed by atoms with Crippen LogP contribution in [0.5, 0.6) is 0 Å². The van der Waals surface area contributed by atoms with E-state index < -0.39 is 0 Å². The van der Waals surface area contributed by atoms with Crippen molar-refractivity contribution in [3.05, 3.63) is 48.0 Å². The molecule has 1 aliphatic heterocycles. The van der Waals surface area contributed by atoms with Crippen LogP contribution in [0, 0.1) is 11.2 Å². The van der Waals surface area contributed by atoms with Gasteiger partial charge in [0.1, 0.15) is 5.82 Å². The first kappa shape index (κ1) is 17.1. The molecule has 6 heteroatoms. The minimum Gasteiger partial charge on any atom is -0.353 e. The highest BCUT2D eigenvalue weighted by Gasteiger charge is 2.50. The van der Waals surface area contributed by atoms with E-state index in [0.29, 0.717) is 6.42 Å². The van der Waals surface area contributed by atoms with E-state index in [9.17, 15) is 9.18 Å². The monoisotopic (exact) mass is 356 g/mol. The second-order valence-corrected chi connectivity index (χ2v) is 7.66. The molecule has 0 atom stereocenters. The summed E-state index contributed by atoms with van der Waals surface area (Å²) in [5, 5.41) is 3.27. The summed E-state index contributed by atoms with van der Waals surface area (Å²) >= 11 is 0. The van der Waals surface area contributed by atoms with Crippen LogP contribution in [0.4, 0.5) is 10.3 Å². The molecular weight excluding hydrogens is 331 g/mol. The van der Waals surface area contributed by atoms with Gasteiger partial charge in [-0.1, -0.05) is 12.1 Å². The molecule has 0 unspecified atom stereocenters. The molecule has 2 aromatic rings. The third-order valence-electron chi connectivity index (χ3n) is 5.70. The van der Waals surface area contributed by atoms with Crippen molar-refractivity contribution in [3.8, 4) is 0 Å². The molecule has 5 nitrogen and oxygen atoms in total. The summed E-state index contributed by atoms with van der Waals surface area (Å²) in [5.41, 5.74) is 0.748. The molecule has 1 aromatic carbocycles. The molecule has 0 bridgehead atoms. The Balaban J connectivity index is 1.31. The number of amides is 1. The summed E-state index contributed by atoms with van der Waals surface area (Å²) in [6.45, 7) is 1.81. The summed E-state index contributed by atoms with van der Waals surface area (Å²) in [5.74, 6) is 0.921. The average Bonchev–Trinajstić information content (AvgIpc) is 3.31. The molecule has 2 heterocycles. The Labute approximate surface area is 153 Å². The number of aromatic nitrogens is 2. The molecule has 2 aliphatic rings. The second-order valence-electron chi connectivity index (χ2n) is 7.66. The number of imidazole rings is 1. The number of halogens is 1. The molecule has 4 rings (SSSR count). The molecule has 26 heavy (non-hydrogen) atoms. The van der Waals surface area contributed by atoms with Crippen LogP contribution in [0.3, 0.4) is 0 Å². The zero-order valence-electron chi connectivity index (χ0n) is 15.1. The number of rotatable bonds is 5. The predicted molar refractivity (Wildman–Crippen MR) is 98.4 cm³/mol. The topological polar surface area (TPSA) is 50.2 Å². The average molecular weight is 356 g/mol. The van der Waals surface area contributed by atoms with Crippen LogP contribution in [-0.2, 0) is 18.3 Å². The highest BCUT2D eigenvalue weighted by molar-refractivity contribution is 5.85. The Morgan fingerprint density at radius 1 is 1.27 bits per heavy atom. The van der Waals surface area contributed by atoms with Crippen LogP contribution in [0.1, 0.15) is 31.2 Å². The number of anilines is 1. The third kappa shape index (κ3) is 3.45. The molecule has 1 saturated carbocycles. The van der Waals surface area contributed by atoms with Crippen molar-refractivity contribution < 1.29 is 9.18 Å². The van der Waals surface area contributed by atoms with E-state index in [1.54, 1.807) is 12.1 Å². The molecule has 138 valence electrons. The normalized spacial score (nSPS) is 19.4. The van der Waals surface area contributed by atoms with Crippen LogP contribution in [0.15, 0.2) is 36.7 Å². The number of nitrogens with zero attached hydrogens (tertiary/aromatic N) is 3. The Morgan fingerprint density at radius 3 is 2.54 bits per heavy atom. The molecular formula is C20H25FN4O. The number of nitrogens with one attached hydrogen (secondary N) is 1. The molecule has 1 saturated heterocycles. The lowest BCUT2D eigenvalue weighted by molar-refractivity contribution is -0.127. The van der Waals surface area contributed by atoms with Gasteiger partial charge < -0.3 is 14.8 Å². The van der Waals surface area contributed by atoms with Crippen molar-refractivity contribution in [1.82, 2.24) is 14.9 Å². The summed E-state index contributed by atoms with van der Waals surface area (Å²) in [6.07, 6.45) is 8.18. The van der Waals surface area contributed by atoms with Crippen LogP contribution < -0.4 is 10.2 Å². The number of piperidine rings is 1. The number of aryl methyl sites for hydroxylation is 1. The molecule has 2 fully saturated rings. The van der Waals surface area contributed by atoms with Crippen molar-refractivity contribution in [2.24, 2.45) is 12.5 Å². The molecule has 1 amide bonds. The summed E-state index contributed by atoms with van der Waals surface area (Å²) in [7, 11) is 2.00. The zero-order chi connectivity index (χ0) is 18.1. The van der Waals surface area contributed by atoms with E-state index in [0.717, 1.165) is 50.3 Å². The predicted octanol–water partition coefficient (Wildman–Crippen LogP) is 2.67. The fraction of sp³-hybridized carbons (Fsp3) is 0.500. The van der Waals surface area contributed by atoms with Gasteiger partial charge in [0.15, 0.2) is 0 Å². The smallest absolute Gasteiger partial charge is 0.226 e. The van der Waals surface area contributed by atoms with E-state index in [1.165, 1.54) is 12.1 Å². The first-order chi connectivity index (χ1) is 12.6. The SMILES string of the molecule is Cn1ccnc1N1CCC(NC(=O)C2(Cc3ccc(F)cc3)CC2)CC1. The fourth-order valence-electron chi connectivity index (χ4n) is 3.85. The van der Waals surface area contributed by atoms with Gasteiger partial charge in [-0.3, -0.25) is 4.79 Å². The van der Waals surface area contributed by atoms with Gasteiger partial charge in [0.25, 0.3) is 0 Å². The van der Waals surface area contributed by atoms with E-state index in [2.05, 4.69) is 15.2 Å². The zero-order valence-corrected chi connectivity index (χ0v) is 15.1. The van der Waals surface area contributed by atoms with E-state index in [-0.39, 0.29) is 23.2 Å². The molecule has 0 spiro atoms. The number of hydrogen-bond donors (Lipinski definition) is 1. The van der Waals surface area contributed by atoms with Gasteiger partial charge >= 0.3 is 0 Å². The van der Waals surface area contributed by atoms with Gasteiger partial charge in [0.05, 0.1) is 5.41 Å². The lowest BCUT2D eigenvalue weighted by Gasteiger charge is -2.33. The highest BCUT2D eigenvalue weighted by Crippen LogP contribution is 2.48. The Morgan fingerprint density at radius 2 is 1.96 bits per heavy atom. The van der Waals surface area contributed by atoms with E-state index >= 15 is 0 Å². The number of benzene rings is 1. The maximum Gasteiger partial charge on any atom is 0.226 e. The lowest BCUT2D eigenvalue weighted by Crippen LogP contribution is -2.47. The molecule has 0 radical (unpaired) electrons. The van der Waals surface area contributed by atoms with Crippen molar-refractivity contribution in [1.29, 1.82) is 0 Å². The molecule has 1 N–H and O–H groups in total.